The molecule has 0 saturated heterocycles. The number of aromatic nitrogens is 12. The Balaban J connectivity index is 0.000000124. The van der Waals surface area contributed by atoms with E-state index in [1.165, 1.54) is 0 Å². The van der Waals surface area contributed by atoms with Crippen LogP contribution in [0.4, 0.5) is 11.9 Å². The Labute approximate surface area is 439 Å². The van der Waals surface area contributed by atoms with E-state index in [-0.39, 0.29) is 56.9 Å². The second-order valence-electron chi connectivity index (χ2n) is 15.7. The normalized spacial score (nSPS) is 11.7. The summed E-state index contributed by atoms with van der Waals surface area (Å²) in [5.41, 5.74) is 30.4. The van der Waals surface area contributed by atoms with Crippen molar-refractivity contribution in [3.63, 3.8) is 0 Å². The number of aromatic amines is 2. The first-order chi connectivity index (χ1) is 36.6. The van der Waals surface area contributed by atoms with E-state index in [1.54, 1.807) is 71.3 Å². The molecule has 380 valence electrons. The number of carbonyl (C=O) groups excluding carboxylic acids is 2. The van der Waals surface area contributed by atoms with Gasteiger partial charge in [0.1, 0.15) is 44.2 Å². The van der Waals surface area contributed by atoms with Crippen LogP contribution in [-0.4, -0.2) is 96.1 Å². The van der Waals surface area contributed by atoms with Gasteiger partial charge in [0.25, 0.3) is 23.1 Å². The van der Waals surface area contributed by atoms with E-state index >= 15 is 0 Å². The number of H-pyrrole nitrogens is 2. The number of nitrogens with one attached hydrogen (secondary N) is 8. The van der Waals surface area contributed by atoms with Crippen molar-refractivity contribution in [2.24, 2.45) is 20.7 Å². The summed E-state index contributed by atoms with van der Waals surface area (Å²) in [6.45, 7) is 0. The van der Waals surface area contributed by atoms with Gasteiger partial charge >= 0.3 is 0 Å². The minimum Gasteiger partial charge on any atom is -0.321 e. The van der Waals surface area contributed by atoms with Gasteiger partial charge < -0.3 is 11.7 Å². The van der Waals surface area contributed by atoms with Gasteiger partial charge in [-0.2, -0.15) is 20.6 Å². The fourth-order valence-electron chi connectivity index (χ4n) is 8.04. The average molecular weight is 1090 g/mol. The van der Waals surface area contributed by atoms with Crippen LogP contribution in [0.15, 0.2) is 123 Å². The maximum atomic E-state index is 12.3. The second-order valence-corrected chi connectivity index (χ2v) is 19.2. The van der Waals surface area contributed by atoms with Gasteiger partial charge in [0, 0.05) is 63.4 Å². The Morgan fingerprint density at radius 3 is 1.38 bits per heavy atom. The summed E-state index contributed by atoms with van der Waals surface area (Å²) in [5, 5.41) is 45.3. The van der Waals surface area contributed by atoms with Crippen LogP contribution in [0, 0.1) is 54.3 Å². The number of fused-ring (bicyclic) bond motifs is 10. The molecule has 0 unspecified atom stereocenters. The van der Waals surface area contributed by atoms with Gasteiger partial charge in [-0.3, -0.25) is 40.2 Å². The van der Waals surface area contributed by atoms with Crippen LogP contribution in [0.2, 0.25) is 0 Å². The largest absolute Gasteiger partial charge is 0.321 e. The summed E-state index contributed by atoms with van der Waals surface area (Å²) in [4.78, 5) is 72.4. The van der Waals surface area contributed by atoms with Crippen LogP contribution in [0.3, 0.4) is 0 Å². The van der Waals surface area contributed by atoms with Crippen molar-refractivity contribution in [2.75, 3.05) is 36.7 Å². The van der Waals surface area contributed by atoms with Crippen molar-refractivity contribution in [1.82, 2.24) is 59.5 Å². The van der Waals surface area contributed by atoms with Gasteiger partial charge in [-0.1, -0.05) is 21.7 Å². The van der Waals surface area contributed by atoms with Gasteiger partial charge in [0.2, 0.25) is 22.4 Å². The number of hydrogen-bond donors (Lipinski definition) is 10. The van der Waals surface area contributed by atoms with E-state index in [4.69, 9.17) is 44.6 Å². The smallest absolute Gasteiger partial charge is 0.283 e. The van der Waals surface area contributed by atoms with Crippen LogP contribution in [0.1, 0.15) is 32.1 Å². The molecule has 0 spiro atoms. The number of nitrogen functional groups attached to an aromatic ring is 2. The molecule has 0 bridgehead atoms. The molecule has 0 saturated carbocycles. The predicted octanol–water partition coefficient (Wildman–Crippen LogP) is 6.06. The van der Waals surface area contributed by atoms with E-state index in [0.29, 0.717) is 65.8 Å². The Kier molecular flexibility index (Phi) is 14.1. The molecule has 4 aliphatic carbocycles. The number of nitrogens with two attached hydrogens (primary N) is 2. The highest BCUT2D eigenvalue weighted by molar-refractivity contribution is 7.99. The molecule has 12 rings (SSSR count). The molecule has 76 heavy (non-hydrogen) atoms. The van der Waals surface area contributed by atoms with E-state index < -0.39 is 0 Å². The molecule has 0 atom stereocenters. The van der Waals surface area contributed by atoms with E-state index in [2.05, 4.69) is 61.0 Å². The topological polar surface area (TPSA) is 442 Å². The third-order valence-corrected chi connectivity index (χ3v) is 14.5. The summed E-state index contributed by atoms with van der Waals surface area (Å²) < 4.78 is 0. The zero-order valence-corrected chi connectivity index (χ0v) is 42.9. The number of benzene rings is 4. The molecule has 12 N–H and O–H groups in total. The first kappa shape index (κ1) is 51.5. The van der Waals surface area contributed by atoms with E-state index in [9.17, 15) is 19.2 Å². The van der Waals surface area contributed by atoms with Crippen molar-refractivity contribution in [2.45, 2.75) is 19.6 Å². The summed E-state index contributed by atoms with van der Waals surface area (Å²) in [6.07, 6.45) is 7.78. The van der Waals surface area contributed by atoms with Gasteiger partial charge in [-0.25, -0.2) is 31.0 Å². The van der Waals surface area contributed by atoms with E-state index in [1.807, 2.05) is 73.6 Å². The van der Waals surface area contributed by atoms with Crippen molar-refractivity contribution >= 4 is 92.1 Å². The van der Waals surface area contributed by atoms with Crippen LogP contribution < -0.4 is 33.8 Å². The fourth-order valence-corrected chi connectivity index (χ4v) is 9.80. The summed E-state index contributed by atoms with van der Waals surface area (Å²) >= 11 is 6.25. The van der Waals surface area contributed by atoms with Crippen molar-refractivity contribution < 1.29 is 9.59 Å². The van der Waals surface area contributed by atoms with Gasteiger partial charge in [-0.05, 0) is 96.1 Å². The van der Waals surface area contributed by atoms with Crippen LogP contribution in [-0.2, 0) is 0 Å². The highest BCUT2D eigenvalue weighted by Crippen LogP contribution is 2.37. The maximum Gasteiger partial charge on any atom is 0.283 e. The number of ketones is 2. The molecule has 4 aromatic carbocycles. The minimum atomic E-state index is -0.333. The second kappa shape index (κ2) is 20.8. The highest BCUT2D eigenvalue weighted by Gasteiger charge is 2.32. The lowest BCUT2D eigenvalue weighted by molar-refractivity contribution is 0.103. The summed E-state index contributed by atoms with van der Waals surface area (Å²) in [6, 6.07) is 22.1. The molecule has 0 fully saturated rings. The molecular weight excluding hydrogens is 1060 g/mol. The number of rotatable bonds is 8. The monoisotopic (exact) mass is 1090 g/mol. The molecule has 2 aliphatic heterocycles. The molecule has 28 nitrogen and oxygen atoms in total. The maximum absolute atomic E-state index is 12.3. The molecule has 6 aromatic rings. The lowest BCUT2D eigenvalue weighted by Gasteiger charge is -2.02. The molecule has 6 aliphatic rings. The van der Waals surface area contributed by atoms with Crippen LogP contribution in [0.25, 0.3) is 44.1 Å². The lowest BCUT2D eigenvalue weighted by Crippen LogP contribution is -2.24. The minimum absolute atomic E-state index is 0.00773. The first-order valence-corrected chi connectivity index (χ1v) is 26.4. The third kappa shape index (κ3) is 8.98. The Hall–Kier alpha value is -9.40. The Bertz CT molecular complexity index is 4530. The number of thioether (sulfide) groups is 4. The van der Waals surface area contributed by atoms with Crippen molar-refractivity contribution in [1.29, 1.82) is 32.9 Å². The molecule has 32 heteroatoms. The van der Waals surface area contributed by atoms with Crippen LogP contribution in [0.5, 0.6) is 0 Å². The van der Waals surface area contributed by atoms with E-state index in [0.717, 1.165) is 49.5 Å². The molecule has 4 heterocycles. The molecule has 0 amide bonds. The third-order valence-electron chi connectivity index (χ3n) is 11.6. The number of carbonyl (C=O) groups is 2. The van der Waals surface area contributed by atoms with Gasteiger partial charge in [0.05, 0.1) is 0 Å². The SMILES string of the molecule is CSc1ccc2c(=O)c3[nH]n(N)c(N=N)nc=3c2c1.CSc1ccc2c(c1)-c1nn(N=N)c(=N)nc1C2=O.CSc1ccc2c(c1)C(=O)c1nc(=N)n(N=N)nc1-2.CSc1ccc2c3nc(N=N)n(N)[nH]c=3c(=O)c2c1. The van der Waals surface area contributed by atoms with Gasteiger partial charge in [-0.15, -0.1) is 67.5 Å². The average Bonchev–Trinajstić information content (AvgIpc) is 4.08. The molecule has 0 radical (unpaired) electrons. The Morgan fingerprint density at radius 1 is 0.474 bits per heavy atom. The number of hydrogen-bond acceptors (Lipinski definition) is 26. The Morgan fingerprint density at radius 2 is 0.882 bits per heavy atom. The van der Waals surface area contributed by atoms with Gasteiger partial charge in [0.15, 0.2) is 0 Å². The quantitative estimate of drug-likeness (QED) is 0.0469. The fraction of sp³-hybridized carbons (Fsp3) is 0.0909. The lowest BCUT2D eigenvalue weighted by atomic mass is 10.1. The summed E-state index contributed by atoms with van der Waals surface area (Å²) in [5.74, 6) is 10.7. The van der Waals surface area contributed by atoms with Crippen molar-refractivity contribution in [3.05, 3.63) is 148 Å². The zero-order chi connectivity index (χ0) is 54.3. The first-order valence-electron chi connectivity index (χ1n) is 21.5. The molecule has 2 aromatic heterocycles. The molecular formula is C44H36N24O4S4. The number of nitrogens with zero attached hydrogens (tertiary/aromatic N) is 14. The van der Waals surface area contributed by atoms with Crippen molar-refractivity contribution in [3.8, 4) is 22.5 Å². The zero-order valence-electron chi connectivity index (χ0n) is 39.6. The predicted molar refractivity (Wildman–Crippen MR) is 279 cm³/mol. The summed E-state index contributed by atoms with van der Waals surface area (Å²) in [7, 11) is 0. The van der Waals surface area contributed by atoms with Crippen LogP contribution >= 0.6 is 47.0 Å². The standard InChI is InChI=1S/C11H10N6OS.C11H8N6OS.C11H10N6OS.C11H8N6OS/c1-19-5-2-3-6-7(4-5)8-9(10(6)18)16-17(13)11(14-8)15-12;1-19-5-2-3-6-7(4-5)8-9(10(6)18)14-11(12)17(15-8)16-13;1-19-5-2-3-6-7(4-5)10(18)9-8(6)14-11(15-12)17(13)16-9;1-19-5-2-3-6-7(4-5)10(18)9-8(6)15-17(16-13)11(12)14-9/h2-4,12,16H,13H2,1H3;2-4,12-13H,1H3;2-4,12,16H,13H2,1H3;2-4,12-13H,1H3. The highest BCUT2D eigenvalue weighted by atomic mass is 32.2.